The fourth-order valence-corrected chi connectivity index (χ4v) is 1.70. The monoisotopic (exact) mass is 277 g/mol. The maximum Gasteiger partial charge on any atom is 0.247 e. The van der Waals surface area contributed by atoms with Crippen LogP contribution in [-0.2, 0) is 5.41 Å². The molecule has 1 aromatic carbocycles. The number of benzene rings is 1. The lowest BCUT2D eigenvalue weighted by molar-refractivity contribution is 0.461. The van der Waals surface area contributed by atoms with Crippen LogP contribution < -0.4 is 10.5 Å². The molecule has 0 spiro atoms. The predicted molar refractivity (Wildman–Crippen MR) is 76.7 cm³/mol. The molecule has 0 aliphatic rings. The van der Waals surface area contributed by atoms with Gasteiger partial charge in [-0.25, -0.2) is 4.98 Å². The highest BCUT2D eigenvalue weighted by Gasteiger charge is 2.15. The molecule has 19 heavy (non-hydrogen) atoms. The third-order valence-corrected chi connectivity index (χ3v) is 3.01. The molecule has 0 aliphatic heterocycles. The third kappa shape index (κ3) is 3.15. The van der Waals surface area contributed by atoms with Crippen LogP contribution >= 0.6 is 11.6 Å². The second kappa shape index (κ2) is 5.05. The first-order chi connectivity index (χ1) is 8.88. The molecule has 0 saturated heterocycles. The number of halogens is 1. The molecule has 1 aromatic heterocycles. The quantitative estimate of drug-likeness (QED) is 0.848. The molecule has 0 aliphatic carbocycles. The first-order valence-electron chi connectivity index (χ1n) is 5.92. The van der Waals surface area contributed by atoms with Crippen LogP contribution in [-0.4, -0.2) is 9.97 Å². The van der Waals surface area contributed by atoms with Crippen LogP contribution in [0.15, 0.2) is 30.6 Å². The molecule has 4 nitrogen and oxygen atoms in total. The van der Waals surface area contributed by atoms with Crippen molar-refractivity contribution in [2.24, 2.45) is 0 Å². The van der Waals surface area contributed by atoms with Crippen molar-refractivity contribution in [1.82, 2.24) is 9.97 Å². The second-order valence-corrected chi connectivity index (χ2v) is 5.62. The van der Waals surface area contributed by atoms with E-state index in [0.717, 1.165) is 0 Å². The van der Waals surface area contributed by atoms with E-state index in [0.29, 0.717) is 5.75 Å². The van der Waals surface area contributed by atoms with Crippen LogP contribution in [0.2, 0.25) is 5.15 Å². The number of hydrogen-bond donors (Lipinski definition) is 1. The van der Waals surface area contributed by atoms with E-state index < -0.39 is 0 Å². The van der Waals surface area contributed by atoms with Gasteiger partial charge in [0.05, 0.1) is 0 Å². The highest BCUT2D eigenvalue weighted by molar-refractivity contribution is 6.32. The van der Waals surface area contributed by atoms with Crippen LogP contribution in [0.25, 0.3) is 0 Å². The lowest BCUT2D eigenvalue weighted by atomic mass is 9.87. The summed E-state index contributed by atoms with van der Waals surface area (Å²) in [6.45, 7) is 6.42. The summed E-state index contributed by atoms with van der Waals surface area (Å²) in [6.07, 6.45) is 1.32. The van der Waals surface area contributed by atoms with Crippen molar-refractivity contribution in [3.05, 3.63) is 41.3 Å². The Morgan fingerprint density at radius 3 is 2.63 bits per heavy atom. The smallest absolute Gasteiger partial charge is 0.247 e. The minimum absolute atomic E-state index is 0.0498. The van der Waals surface area contributed by atoms with Gasteiger partial charge in [-0.3, -0.25) is 0 Å². The SMILES string of the molecule is CC(C)(C)c1cccc(Oc2ncnc(Cl)c2N)c1. The standard InChI is InChI=1S/C14H16ClN3O/c1-14(2,3)9-5-4-6-10(7-9)19-13-11(16)12(15)17-8-18-13/h4-8H,16H2,1-3H3. The summed E-state index contributed by atoms with van der Waals surface area (Å²) < 4.78 is 5.67. The average Bonchev–Trinajstić information content (AvgIpc) is 2.34. The Labute approximate surface area is 117 Å². The Hall–Kier alpha value is -1.81. The average molecular weight is 278 g/mol. The zero-order chi connectivity index (χ0) is 14.0. The number of hydrogen-bond acceptors (Lipinski definition) is 4. The molecule has 0 fully saturated rings. The molecule has 0 radical (unpaired) electrons. The number of nitrogens with zero attached hydrogens (tertiary/aromatic N) is 2. The molecule has 2 aromatic rings. The fourth-order valence-electron chi connectivity index (χ4n) is 1.58. The van der Waals surface area contributed by atoms with Gasteiger partial charge in [0.25, 0.3) is 0 Å². The van der Waals surface area contributed by atoms with E-state index in [-0.39, 0.29) is 22.1 Å². The van der Waals surface area contributed by atoms with E-state index in [1.165, 1.54) is 11.9 Å². The van der Waals surface area contributed by atoms with Crippen LogP contribution in [0.1, 0.15) is 26.3 Å². The number of aromatic nitrogens is 2. The topological polar surface area (TPSA) is 61.0 Å². The van der Waals surface area contributed by atoms with Crippen LogP contribution in [0, 0.1) is 0 Å². The van der Waals surface area contributed by atoms with Gasteiger partial charge in [-0.1, -0.05) is 44.5 Å². The number of nitrogens with two attached hydrogens (primary N) is 1. The van der Waals surface area contributed by atoms with Gasteiger partial charge in [0.1, 0.15) is 17.8 Å². The Kier molecular flexibility index (Phi) is 3.62. The molecule has 5 heteroatoms. The van der Waals surface area contributed by atoms with Crippen molar-refractivity contribution in [2.45, 2.75) is 26.2 Å². The summed E-state index contributed by atoms with van der Waals surface area (Å²) in [5, 5.41) is 0.192. The van der Waals surface area contributed by atoms with Crippen molar-refractivity contribution in [1.29, 1.82) is 0 Å². The third-order valence-electron chi connectivity index (χ3n) is 2.71. The highest BCUT2D eigenvalue weighted by Crippen LogP contribution is 2.31. The zero-order valence-electron chi connectivity index (χ0n) is 11.1. The zero-order valence-corrected chi connectivity index (χ0v) is 11.9. The normalized spacial score (nSPS) is 11.4. The summed E-state index contributed by atoms with van der Waals surface area (Å²) in [6, 6.07) is 7.82. The van der Waals surface area contributed by atoms with E-state index in [9.17, 15) is 0 Å². The van der Waals surface area contributed by atoms with Crippen molar-refractivity contribution in [2.75, 3.05) is 5.73 Å². The summed E-state index contributed by atoms with van der Waals surface area (Å²) in [7, 11) is 0. The second-order valence-electron chi connectivity index (χ2n) is 5.26. The number of anilines is 1. The lowest BCUT2D eigenvalue weighted by Crippen LogP contribution is -2.10. The molecular weight excluding hydrogens is 262 g/mol. The summed E-state index contributed by atoms with van der Waals surface area (Å²) in [5.74, 6) is 0.944. The largest absolute Gasteiger partial charge is 0.437 e. The summed E-state index contributed by atoms with van der Waals surface area (Å²) in [5.41, 5.74) is 7.23. The maximum absolute atomic E-state index is 5.83. The van der Waals surface area contributed by atoms with Gasteiger partial charge in [0.15, 0.2) is 5.15 Å². The molecule has 0 saturated carbocycles. The first kappa shape index (κ1) is 13.6. The predicted octanol–water partition coefficient (Wildman–Crippen LogP) is 3.80. The van der Waals surface area contributed by atoms with Crippen molar-refractivity contribution in [3.63, 3.8) is 0 Å². The summed E-state index contributed by atoms with van der Waals surface area (Å²) >= 11 is 5.83. The number of ether oxygens (including phenoxy) is 1. The minimum Gasteiger partial charge on any atom is -0.437 e. The molecule has 100 valence electrons. The van der Waals surface area contributed by atoms with E-state index in [1.54, 1.807) is 0 Å². The van der Waals surface area contributed by atoms with Crippen LogP contribution in [0.4, 0.5) is 5.69 Å². The van der Waals surface area contributed by atoms with Gasteiger partial charge < -0.3 is 10.5 Å². The maximum atomic E-state index is 5.83. The van der Waals surface area contributed by atoms with E-state index in [1.807, 2.05) is 18.2 Å². The molecule has 2 rings (SSSR count). The fraction of sp³-hybridized carbons (Fsp3) is 0.286. The Bertz CT molecular complexity index is 593. The van der Waals surface area contributed by atoms with E-state index in [4.69, 9.17) is 22.1 Å². The molecule has 0 amide bonds. The number of nitrogen functional groups attached to an aromatic ring is 1. The lowest BCUT2D eigenvalue weighted by Gasteiger charge is -2.19. The van der Waals surface area contributed by atoms with Crippen LogP contribution in [0.5, 0.6) is 11.6 Å². The van der Waals surface area contributed by atoms with E-state index in [2.05, 4.69) is 36.8 Å². The Balaban J connectivity index is 2.31. The van der Waals surface area contributed by atoms with Gasteiger partial charge in [-0.15, -0.1) is 0 Å². The van der Waals surface area contributed by atoms with Gasteiger partial charge in [-0.2, -0.15) is 4.98 Å². The van der Waals surface area contributed by atoms with Gasteiger partial charge in [0, 0.05) is 0 Å². The molecule has 2 N–H and O–H groups in total. The van der Waals surface area contributed by atoms with Gasteiger partial charge >= 0.3 is 0 Å². The number of rotatable bonds is 2. The van der Waals surface area contributed by atoms with E-state index >= 15 is 0 Å². The van der Waals surface area contributed by atoms with Crippen LogP contribution in [0.3, 0.4) is 0 Å². The molecule has 0 bridgehead atoms. The molecule has 0 unspecified atom stereocenters. The minimum atomic E-state index is 0.0498. The Morgan fingerprint density at radius 2 is 1.95 bits per heavy atom. The van der Waals surface area contributed by atoms with Crippen molar-refractivity contribution >= 4 is 17.3 Å². The van der Waals surface area contributed by atoms with Gasteiger partial charge in [-0.05, 0) is 23.1 Å². The van der Waals surface area contributed by atoms with Gasteiger partial charge in [0.2, 0.25) is 5.88 Å². The van der Waals surface area contributed by atoms with Crippen molar-refractivity contribution < 1.29 is 4.74 Å². The molecule has 1 heterocycles. The molecule has 0 atom stereocenters. The highest BCUT2D eigenvalue weighted by atomic mass is 35.5. The van der Waals surface area contributed by atoms with Crippen molar-refractivity contribution in [3.8, 4) is 11.6 Å². The first-order valence-corrected chi connectivity index (χ1v) is 6.30. The summed E-state index contributed by atoms with van der Waals surface area (Å²) in [4.78, 5) is 7.77. The molecular formula is C14H16ClN3O. The Morgan fingerprint density at radius 1 is 1.21 bits per heavy atom.